The molecule has 204 valence electrons. The van der Waals surface area contributed by atoms with Gasteiger partial charge in [-0.05, 0) is 87.3 Å². The lowest BCUT2D eigenvalue weighted by Crippen LogP contribution is -2.51. The van der Waals surface area contributed by atoms with Gasteiger partial charge in [0.1, 0.15) is 17.2 Å². The lowest BCUT2D eigenvalue weighted by Gasteiger charge is -2.35. The second-order valence-electron chi connectivity index (χ2n) is 11.8. The number of ketones is 1. The number of amides is 1. The molecule has 1 aromatic heterocycles. The number of benzene rings is 2. The molecule has 2 heterocycles. The Kier molecular flexibility index (Phi) is 7.19. The molecule has 1 aliphatic carbocycles. The molecular formula is C31H35FN4O3. The third-order valence-corrected chi connectivity index (χ3v) is 7.87. The Morgan fingerprint density at radius 2 is 1.95 bits per heavy atom. The van der Waals surface area contributed by atoms with Gasteiger partial charge in [-0.2, -0.15) is 5.26 Å². The van der Waals surface area contributed by atoms with Crippen LogP contribution >= 0.6 is 0 Å². The highest BCUT2D eigenvalue weighted by Gasteiger charge is 2.52. The minimum absolute atomic E-state index is 0.00105. The summed E-state index contributed by atoms with van der Waals surface area (Å²) in [5.74, 6) is -0.247. The first-order chi connectivity index (χ1) is 18.6. The molecule has 2 aromatic carbocycles. The SMILES string of the molecule is CCc1nc2ccc(-c3ccc(C[C@@H](C#N)CC(=O)[C@@H]4[C@H]5CC[C@H](C5)N4C(=O)OC(C)(C)C)c(F)c3)cc2[nH]1. The van der Waals surface area contributed by atoms with Crippen LogP contribution in [0.4, 0.5) is 9.18 Å². The number of aryl methyl sites for hydroxylation is 1. The summed E-state index contributed by atoms with van der Waals surface area (Å²) in [5, 5.41) is 9.85. The minimum atomic E-state index is -0.689. The third kappa shape index (κ3) is 5.54. The summed E-state index contributed by atoms with van der Waals surface area (Å²) in [6.07, 6.45) is 2.96. The molecule has 1 saturated heterocycles. The molecule has 7 nitrogen and oxygen atoms in total. The predicted octanol–water partition coefficient (Wildman–Crippen LogP) is 6.36. The van der Waals surface area contributed by atoms with E-state index in [1.807, 2.05) is 31.2 Å². The summed E-state index contributed by atoms with van der Waals surface area (Å²) in [5.41, 5.74) is 3.10. The van der Waals surface area contributed by atoms with Gasteiger partial charge in [0.25, 0.3) is 0 Å². The number of halogens is 1. The molecule has 1 N–H and O–H groups in total. The molecule has 2 fully saturated rings. The van der Waals surface area contributed by atoms with Gasteiger partial charge in [-0.3, -0.25) is 9.69 Å². The molecule has 2 aliphatic rings. The van der Waals surface area contributed by atoms with Crippen LogP contribution in [0.2, 0.25) is 0 Å². The fourth-order valence-electron chi connectivity index (χ4n) is 6.07. The number of hydrogen-bond donors (Lipinski definition) is 1. The zero-order valence-electron chi connectivity index (χ0n) is 23.0. The minimum Gasteiger partial charge on any atom is -0.444 e. The van der Waals surface area contributed by atoms with Crippen molar-refractivity contribution in [2.75, 3.05) is 0 Å². The summed E-state index contributed by atoms with van der Waals surface area (Å²) in [6, 6.07) is 12.4. The Balaban J connectivity index is 1.28. The molecule has 0 spiro atoms. The molecule has 1 amide bonds. The standard InChI is InChI=1S/C31H35FN4O3/c1-5-28-34-25-11-9-20(16-26(25)35-28)19-6-7-21(24(32)15-19)12-18(17-33)13-27(37)29-22-8-10-23(14-22)36(29)30(38)39-31(2,3)4/h6-7,9,11,15-16,18,22-23,29H,5,8,10,12-14H2,1-4H3,(H,34,35)/t18-,22+,23-,29+/m1/s1. The number of aromatic nitrogens is 2. The highest BCUT2D eigenvalue weighted by atomic mass is 19.1. The van der Waals surface area contributed by atoms with Gasteiger partial charge >= 0.3 is 6.09 Å². The topological polar surface area (TPSA) is 99.1 Å². The van der Waals surface area contributed by atoms with Crippen molar-refractivity contribution < 1.29 is 18.7 Å². The molecule has 2 bridgehead atoms. The fourth-order valence-corrected chi connectivity index (χ4v) is 6.07. The summed E-state index contributed by atoms with van der Waals surface area (Å²) >= 11 is 0. The normalized spacial score (nSPS) is 21.2. The number of nitrogens with zero attached hydrogens (tertiary/aromatic N) is 3. The van der Waals surface area contributed by atoms with Crippen molar-refractivity contribution in [1.82, 2.24) is 14.9 Å². The Labute approximate surface area is 228 Å². The molecule has 5 rings (SSSR count). The van der Waals surface area contributed by atoms with E-state index in [1.54, 1.807) is 31.7 Å². The van der Waals surface area contributed by atoms with Crippen LogP contribution in [0.1, 0.15) is 64.8 Å². The monoisotopic (exact) mass is 530 g/mol. The van der Waals surface area contributed by atoms with Gasteiger partial charge in [0, 0.05) is 18.9 Å². The molecule has 39 heavy (non-hydrogen) atoms. The van der Waals surface area contributed by atoms with Gasteiger partial charge in [0.05, 0.1) is 29.1 Å². The van der Waals surface area contributed by atoms with Crippen molar-refractivity contribution in [3.63, 3.8) is 0 Å². The van der Waals surface area contributed by atoms with Crippen molar-refractivity contribution in [2.24, 2.45) is 11.8 Å². The number of carbonyl (C=O) groups excluding carboxylic acids is 2. The van der Waals surface area contributed by atoms with Gasteiger partial charge in [-0.25, -0.2) is 14.2 Å². The Hall–Kier alpha value is -3.73. The van der Waals surface area contributed by atoms with Crippen molar-refractivity contribution in [3.05, 3.63) is 53.6 Å². The molecule has 4 atom stereocenters. The van der Waals surface area contributed by atoms with E-state index >= 15 is 4.39 Å². The van der Waals surface area contributed by atoms with E-state index in [0.29, 0.717) is 5.56 Å². The molecule has 3 aromatic rings. The number of aromatic amines is 1. The lowest BCUT2D eigenvalue weighted by atomic mass is 9.87. The summed E-state index contributed by atoms with van der Waals surface area (Å²) in [7, 11) is 0. The van der Waals surface area contributed by atoms with Crippen molar-refractivity contribution in [1.29, 1.82) is 5.26 Å². The number of H-pyrrole nitrogens is 1. The maximum Gasteiger partial charge on any atom is 0.411 e. The quantitative estimate of drug-likeness (QED) is 0.383. The summed E-state index contributed by atoms with van der Waals surface area (Å²) < 4.78 is 20.8. The van der Waals surface area contributed by atoms with E-state index in [9.17, 15) is 14.9 Å². The van der Waals surface area contributed by atoms with Crippen LogP contribution in [0.3, 0.4) is 0 Å². The zero-order valence-corrected chi connectivity index (χ0v) is 23.0. The Bertz CT molecular complexity index is 1450. The van der Waals surface area contributed by atoms with E-state index in [0.717, 1.165) is 53.7 Å². The third-order valence-electron chi connectivity index (χ3n) is 7.87. The van der Waals surface area contributed by atoms with Crippen LogP contribution in [0, 0.1) is 29.0 Å². The number of nitrogens with one attached hydrogen (secondary N) is 1. The average molecular weight is 531 g/mol. The number of fused-ring (bicyclic) bond motifs is 3. The molecule has 0 radical (unpaired) electrons. The van der Waals surface area contributed by atoms with Crippen LogP contribution in [0.25, 0.3) is 22.2 Å². The van der Waals surface area contributed by atoms with Crippen LogP contribution in [0.15, 0.2) is 36.4 Å². The fraction of sp³-hybridized carbons (Fsp3) is 0.484. The number of imidazole rings is 1. The smallest absolute Gasteiger partial charge is 0.411 e. The lowest BCUT2D eigenvalue weighted by molar-refractivity contribution is -0.126. The van der Waals surface area contributed by atoms with Crippen LogP contribution in [-0.4, -0.2) is 44.4 Å². The number of carbonyl (C=O) groups is 2. The Morgan fingerprint density at radius 1 is 1.21 bits per heavy atom. The number of ether oxygens (including phenoxy) is 1. The second kappa shape index (κ2) is 10.4. The van der Waals surface area contributed by atoms with Crippen molar-refractivity contribution >= 4 is 22.9 Å². The number of likely N-dealkylation sites (tertiary alicyclic amines) is 1. The first-order valence-corrected chi connectivity index (χ1v) is 13.8. The first-order valence-electron chi connectivity index (χ1n) is 13.8. The number of piperidine rings is 1. The van der Waals surface area contributed by atoms with E-state index < -0.39 is 29.5 Å². The van der Waals surface area contributed by atoms with E-state index in [-0.39, 0.29) is 30.6 Å². The largest absolute Gasteiger partial charge is 0.444 e. The molecule has 0 unspecified atom stereocenters. The molecular weight excluding hydrogens is 495 g/mol. The van der Waals surface area contributed by atoms with E-state index in [4.69, 9.17) is 4.74 Å². The van der Waals surface area contributed by atoms with Gasteiger partial charge in [0.2, 0.25) is 0 Å². The Morgan fingerprint density at radius 3 is 2.64 bits per heavy atom. The van der Waals surface area contributed by atoms with E-state index in [1.165, 1.54) is 6.07 Å². The van der Waals surface area contributed by atoms with Crippen molar-refractivity contribution in [2.45, 2.75) is 83.9 Å². The van der Waals surface area contributed by atoms with Crippen LogP contribution in [0.5, 0.6) is 0 Å². The maximum atomic E-state index is 15.2. The first kappa shape index (κ1) is 26.9. The van der Waals surface area contributed by atoms with Gasteiger partial charge in [-0.15, -0.1) is 0 Å². The number of rotatable bonds is 7. The highest BCUT2D eigenvalue weighted by molar-refractivity contribution is 5.89. The highest BCUT2D eigenvalue weighted by Crippen LogP contribution is 2.44. The van der Waals surface area contributed by atoms with Crippen LogP contribution < -0.4 is 0 Å². The van der Waals surface area contributed by atoms with Crippen molar-refractivity contribution in [3.8, 4) is 17.2 Å². The second-order valence-corrected chi connectivity index (χ2v) is 11.8. The summed E-state index contributed by atoms with van der Waals surface area (Å²) in [6.45, 7) is 7.45. The average Bonchev–Trinajstić information content (AvgIpc) is 3.62. The number of Topliss-reactive ketones (excluding diaryl/α,β-unsaturated/α-hetero) is 1. The van der Waals surface area contributed by atoms with Gasteiger partial charge < -0.3 is 9.72 Å². The summed E-state index contributed by atoms with van der Waals surface area (Å²) in [4.78, 5) is 35.8. The van der Waals surface area contributed by atoms with Crippen LogP contribution in [-0.2, 0) is 22.4 Å². The van der Waals surface area contributed by atoms with Gasteiger partial charge in [-0.1, -0.05) is 25.1 Å². The predicted molar refractivity (Wildman–Crippen MR) is 146 cm³/mol. The zero-order chi connectivity index (χ0) is 27.9. The van der Waals surface area contributed by atoms with Gasteiger partial charge in [0.15, 0.2) is 5.78 Å². The van der Waals surface area contributed by atoms with E-state index in [2.05, 4.69) is 16.0 Å². The number of nitriles is 1. The molecule has 8 heteroatoms. The molecule has 1 saturated carbocycles. The molecule has 1 aliphatic heterocycles. The maximum absolute atomic E-state index is 15.2. The number of hydrogen-bond acceptors (Lipinski definition) is 5.